The lowest BCUT2D eigenvalue weighted by Gasteiger charge is -2.18. The van der Waals surface area contributed by atoms with Crippen LogP contribution >= 0.6 is 0 Å². The average Bonchev–Trinajstić information content (AvgIpc) is 2.66. The summed E-state index contributed by atoms with van der Waals surface area (Å²) in [6, 6.07) is 4.61. The van der Waals surface area contributed by atoms with E-state index in [1.165, 1.54) is 29.1 Å². The lowest BCUT2D eigenvalue weighted by molar-refractivity contribution is 0.146. The number of rotatable bonds is 6. The van der Waals surface area contributed by atoms with E-state index in [9.17, 15) is 18.0 Å². The summed E-state index contributed by atoms with van der Waals surface area (Å²) in [4.78, 5) is 20.5. The van der Waals surface area contributed by atoms with Crippen LogP contribution in [0.25, 0.3) is 16.6 Å². The molecular weight excluding hydrogens is 369 g/mol. The van der Waals surface area contributed by atoms with Gasteiger partial charge in [0.1, 0.15) is 18.0 Å². The van der Waals surface area contributed by atoms with Crippen LogP contribution in [0.2, 0.25) is 0 Å². The number of allylic oxidation sites excluding steroid dienone is 1. The second-order valence-corrected chi connectivity index (χ2v) is 6.34. The van der Waals surface area contributed by atoms with Crippen molar-refractivity contribution in [3.63, 3.8) is 0 Å². The Kier molecular flexibility index (Phi) is 5.48. The molecule has 2 aromatic heterocycles. The number of nitrogens with one attached hydrogen (secondary N) is 1. The number of benzene rings is 1. The molecule has 1 atom stereocenters. The standard InChI is InChI=1S/C20H19F3N4O/c1-4-11(2)27-9-15-16(8-17(27)28)24-10-25-20(15)26-12(3)13-6-5-7-14(18(13)21)19(22)23/h5-10,12,19H,2,4H2,1,3H3,(H,24,25,26)/t12-/m1/s1. The highest BCUT2D eigenvalue weighted by molar-refractivity contribution is 5.88. The molecule has 1 N–H and O–H groups in total. The number of anilines is 1. The van der Waals surface area contributed by atoms with E-state index < -0.39 is 23.8 Å². The average molecular weight is 388 g/mol. The SMILES string of the molecule is C=C(CC)n1cc2c(N[C@H](C)c3cccc(C(F)F)c3F)ncnc2cc1=O. The van der Waals surface area contributed by atoms with Crippen molar-refractivity contribution in [3.8, 4) is 0 Å². The number of fused-ring (bicyclic) bond motifs is 1. The first-order chi connectivity index (χ1) is 13.3. The quantitative estimate of drug-likeness (QED) is 0.651. The van der Waals surface area contributed by atoms with Gasteiger partial charge >= 0.3 is 0 Å². The van der Waals surface area contributed by atoms with Crippen LogP contribution in [-0.2, 0) is 0 Å². The predicted molar refractivity (Wildman–Crippen MR) is 103 cm³/mol. The maximum atomic E-state index is 14.4. The van der Waals surface area contributed by atoms with E-state index in [1.54, 1.807) is 13.1 Å². The Labute approximate surface area is 159 Å². The largest absolute Gasteiger partial charge is 0.363 e. The molecule has 0 bridgehead atoms. The number of hydrogen-bond donors (Lipinski definition) is 1. The van der Waals surface area contributed by atoms with Crippen molar-refractivity contribution in [2.24, 2.45) is 0 Å². The summed E-state index contributed by atoms with van der Waals surface area (Å²) in [6.07, 6.45) is 0.525. The molecule has 0 aliphatic carbocycles. The molecule has 0 aliphatic rings. The van der Waals surface area contributed by atoms with E-state index in [-0.39, 0.29) is 11.1 Å². The Balaban J connectivity index is 2.04. The first-order valence-corrected chi connectivity index (χ1v) is 8.72. The van der Waals surface area contributed by atoms with E-state index in [0.29, 0.717) is 28.8 Å². The van der Waals surface area contributed by atoms with Crippen molar-refractivity contribution in [1.29, 1.82) is 0 Å². The second kappa shape index (κ2) is 7.84. The highest BCUT2D eigenvalue weighted by Gasteiger charge is 2.20. The number of halogens is 3. The molecule has 5 nitrogen and oxygen atoms in total. The van der Waals surface area contributed by atoms with Gasteiger partial charge in [-0.05, 0) is 13.3 Å². The normalized spacial score (nSPS) is 12.4. The fourth-order valence-electron chi connectivity index (χ4n) is 2.92. The molecule has 0 aliphatic heterocycles. The Bertz CT molecular complexity index is 1090. The van der Waals surface area contributed by atoms with E-state index in [0.717, 1.165) is 6.07 Å². The lowest BCUT2D eigenvalue weighted by Crippen LogP contribution is -2.18. The van der Waals surface area contributed by atoms with Gasteiger partial charge < -0.3 is 5.32 Å². The van der Waals surface area contributed by atoms with Crippen molar-refractivity contribution >= 4 is 22.4 Å². The summed E-state index contributed by atoms with van der Waals surface area (Å²) >= 11 is 0. The highest BCUT2D eigenvalue weighted by atomic mass is 19.3. The Morgan fingerprint density at radius 2 is 2.00 bits per heavy atom. The molecule has 3 rings (SSSR count). The summed E-state index contributed by atoms with van der Waals surface area (Å²) in [5, 5.41) is 3.57. The summed E-state index contributed by atoms with van der Waals surface area (Å²) in [5.41, 5.74) is 0.192. The van der Waals surface area contributed by atoms with E-state index in [1.807, 2.05) is 6.92 Å². The van der Waals surface area contributed by atoms with Crippen LogP contribution in [0.15, 0.2) is 48.2 Å². The summed E-state index contributed by atoms with van der Waals surface area (Å²) in [6.45, 7) is 7.39. The molecule has 0 radical (unpaired) electrons. The Morgan fingerprint density at radius 1 is 1.29 bits per heavy atom. The van der Waals surface area contributed by atoms with Gasteiger partial charge in [0.05, 0.1) is 22.5 Å². The molecule has 0 spiro atoms. The van der Waals surface area contributed by atoms with Crippen molar-refractivity contribution < 1.29 is 13.2 Å². The van der Waals surface area contributed by atoms with Crippen molar-refractivity contribution in [1.82, 2.24) is 14.5 Å². The minimum atomic E-state index is -2.90. The first kappa shape index (κ1) is 19.6. The molecule has 2 heterocycles. The molecule has 3 aromatic rings. The summed E-state index contributed by atoms with van der Waals surface area (Å²) in [5.74, 6) is -0.593. The number of aromatic nitrogens is 3. The zero-order valence-electron chi connectivity index (χ0n) is 15.4. The smallest absolute Gasteiger partial charge is 0.266 e. The molecule has 0 amide bonds. The third-order valence-electron chi connectivity index (χ3n) is 4.53. The fraction of sp³-hybridized carbons (Fsp3) is 0.250. The van der Waals surface area contributed by atoms with Gasteiger partial charge in [-0.2, -0.15) is 0 Å². The molecule has 0 saturated carbocycles. The van der Waals surface area contributed by atoms with Gasteiger partial charge in [-0.1, -0.05) is 31.7 Å². The topological polar surface area (TPSA) is 59.8 Å². The molecule has 28 heavy (non-hydrogen) atoms. The van der Waals surface area contributed by atoms with Crippen LogP contribution in [0, 0.1) is 5.82 Å². The van der Waals surface area contributed by atoms with E-state index >= 15 is 0 Å². The molecule has 0 fully saturated rings. The molecule has 1 aromatic carbocycles. The Morgan fingerprint density at radius 3 is 2.68 bits per heavy atom. The number of hydrogen-bond acceptors (Lipinski definition) is 4. The van der Waals surface area contributed by atoms with Crippen LogP contribution in [-0.4, -0.2) is 14.5 Å². The molecule has 0 saturated heterocycles. The molecule has 146 valence electrons. The van der Waals surface area contributed by atoms with Gasteiger partial charge in [-0.25, -0.2) is 23.1 Å². The summed E-state index contributed by atoms with van der Waals surface area (Å²) < 4.78 is 41.8. The lowest BCUT2D eigenvalue weighted by atomic mass is 10.0. The zero-order valence-corrected chi connectivity index (χ0v) is 15.4. The van der Waals surface area contributed by atoms with Crippen LogP contribution in [0.3, 0.4) is 0 Å². The number of nitrogens with zero attached hydrogens (tertiary/aromatic N) is 3. The van der Waals surface area contributed by atoms with Crippen LogP contribution in [0.1, 0.15) is 43.9 Å². The van der Waals surface area contributed by atoms with Crippen molar-refractivity contribution in [3.05, 3.63) is 70.7 Å². The highest BCUT2D eigenvalue weighted by Crippen LogP contribution is 2.29. The minimum absolute atomic E-state index is 0.0934. The molecule has 0 unspecified atom stereocenters. The summed E-state index contributed by atoms with van der Waals surface area (Å²) in [7, 11) is 0. The molecule has 8 heteroatoms. The van der Waals surface area contributed by atoms with Crippen LogP contribution < -0.4 is 10.9 Å². The number of pyridine rings is 1. The van der Waals surface area contributed by atoms with Gasteiger partial charge in [0.15, 0.2) is 0 Å². The van der Waals surface area contributed by atoms with E-state index in [2.05, 4.69) is 21.9 Å². The van der Waals surface area contributed by atoms with Gasteiger partial charge in [0.2, 0.25) is 0 Å². The number of alkyl halides is 2. The van der Waals surface area contributed by atoms with Crippen molar-refractivity contribution in [2.45, 2.75) is 32.7 Å². The maximum Gasteiger partial charge on any atom is 0.266 e. The Hall–Kier alpha value is -3.16. The van der Waals surface area contributed by atoms with Gasteiger partial charge in [-0.3, -0.25) is 9.36 Å². The monoisotopic (exact) mass is 388 g/mol. The van der Waals surface area contributed by atoms with Gasteiger partial charge in [0.25, 0.3) is 12.0 Å². The first-order valence-electron chi connectivity index (χ1n) is 8.72. The molecular formula is C20H19F3N4O. The van der Waals surface area contributed by atoms with E-state index in [4.69, 9.17) is 0 Å². The van der Waals surface area contributed by atoms with Crippen LogP contribution in [0.5, 0.6) is 0 Å². The minimum Gasteiger partial charge on any atom is -0.363 e. The predicted octanol–water partition coefficient (Wildman–Crippen LogP) is 4.92. The van der Waals surface area contributed by atoms with Crippen molar-refractivity contribution in [2.75, 3.05) is 5.32 Å². The van der Waals surface area contributed by atoms with Crippen LogP contribution in [0.4, 0.5) is 19.0 Å². The third kappa shape index (κ3) is 3.62. The third-order valence-corrected chi connectivity index (χ3v) is 4.53. The fourth-order valence-corrected chi connectivity index (χ4v) is 2.92. The zero-order chi connectivity index (χ0) is 20.4. The maximum absolute atomic E-state index is 14.4. The van der Waals surface area contributed by atoms with Gasteiger partial charge in [0, 0.05) is 23.5 Å². The van der Waals surface area contributed by atoms with Gasteiger partial charge in [-0.15, -0.1) is 0 Å². The second-order valence-electron chi connectivity index (χ2n) is 6.34.